The molecule has 0 spiro atoms. The van der Waals surface area contributed by atoms with Crippen LogP contribution in [0.2, 0.25) is 0 Å². The van der Waals surface area contributed by atoms with E-state index >= 15 is 0 Å². The molecule has 6 nitrogen and oxygen atoms in total. The molecule has 0 saturated carbocycles. The molecule has 26 heavy (non-hydrogen) atoms. The van der Waals surface area contributed by atoms with Crippen molar-refractivity contribution in [2.24, 2.45) is 0 Å². The first kappa shape index (κ1) is 19.4. The molecule has 2 aromatic rings. The van der Waals surface area contributed by atoms with Crippen molar-refractivity contribution in [3.05, 3.63) is 48.0 Å². The molecule has 0 aliphatic carbocycles. The summed E-state index contributed by atoms with van der Waals surface area (Å²) in [5.74, 6) is 2.24. The summed E-state index contributed by atoms with van der Waals surface area (Å²) in [7, 11) is 3.11. The summed E-state index contributed by atoms with van der Waals surface area (Å²) in [4.78, 5) is 12.2. The molecular formula is C20H26N2O4. The highest BCUT2D eigenvalue weighted by Gasteiger charge is 2.13. The number of ether oxygens (including phenoxy) is 3. The number of nitrogens with one attached hydrogen (secondary N) is 2. The minimum atomic E-state index is -0.491. The molecule has 140 valence electrons. The van der Waals surface area contributed by atoms with E-state index < -0.39 is 6.23 Å². The summed E-state index contributed by atoms with van der Waals surface area (Å²) in [5, 5.41) is 5.52. The minimum Gasteiger partial charge on any atom is -0.493 e. The van der Waals surface area contributed by atoms with Gasteiger partial charge < -0.3 is 24.8 Å². The van der Waals surface area contributed by atoms with E-state index in [0.29, 0.717) is 23.1 Å². The summed E-state index contributed by atoms with van der Waals surface area (Å²) in [6, 6.07) is 12.6. The van der Waals surface area contributed by atoms with E-state index in [4.69, 9.17) is 14.2 Å². The van der Waals surface area contributed by atoms with Crippen LogP contribution in [-0.4, -0.2) is 26.5 Å². The Balaban J connectivity index is 1.97. The lowest BCUT2D eigenvalue weighted by atomic mass is 10.0. The van der Waals surface area contributed by atoms with Gasteiger partial charge in [-0.25, -0.2) is 4.79 Å². The predicted octanol–water partition coefficient (Wildman–Crippen LogP) is 4.37. The van der Waals surface area contributed by atoms with Gasteiger partial charge in [0.1, 0.15) is 5.75 Å². The molecule has 2 rings (SSSR count). The van der Waals surface area contributed by atoms with Crippen LogP contribution in [0.15, 0.2) is 42.5 Å². The van der Waals surface area contributed by atoms with Crippen molar-refractivity contribution in [2.75, 3.05) is 19.5 Å². The fourth-order valence-electron chi connectivity index (χ4n) is 2.55. The summed E-state index contributed by atoms with van der Waals surface area (Å²) in [6.07, 6.45) is -0.491. The van der Waals surface area contributed by atoms with Gasteiger partial charge in [0, 0.05) is 11.8 Å². The fourth-order valence-corrected chi connectivity index (χ4v) is 2.55. The molecule has 1 atom stereocenters. The van der Waals surface area contributed by atoms with Crippen molar-refractivity contribution >= 4 is 11.7 Å². The molecule has 6 heteroatoms. The van der Waals surface area contributed by atoms with Crippen LogP contribution in [-0.2, 0) is 0 Å². The Morgan fingerprint density at radius 2 is 1.62 bits per heavy atom. The van der Waals surface area contributed by atoms with Gasteiger partial charge in [0.25, 0.3) is 0 Å². The number of rotatable bonds is 7. The van der Waals surface area contributed by atoms with Crippen molar-refractivity contribution in [2.45, 2.75) is 32.9 Å². The third-order valence-corrected chi connectivity index (χ3v) is 3.82. The number of hydrogen-bond acceptors (Lipinski definition) is 4. The Morgan fingerprint density at radius 1 is 0.923 bits per heavy atom. The second kappa shape index (κ2) is 8.99. The van der Waals surface area contributed by atoms with Crippen LogP contribution in [0.25, 0.3) is 0 Å². The lowest BCUT2D eigenvalue weighted by Crippen LogP contribution is -2.39. The van der Waals surface area contributed by atoms with Crippen molar-refractivity contribution in [1.82, 2.24) is 5.32 Å². The highest BCUT2D eigenvalue weighted by atomic mass is 16.5. The first-order chi connectivity index (χ1) is 12.4. The Kier molecular flexibility index (Phi) is 6.72. The number of hydrogen-bond donors (Lipinski definition) is 2. The maximum atomic E-state index is 12.2. The zero-order valence-corrected chi connectivity index (χ0v) is 15.8. The van der Waals surface area contributed by atoms with Crippen LogP contribution in [0, 0.1) is 0 Å². The zero-order chi connectivity index (χ0) is 19.1. The lowest BCUT2D eigenvalue weighted by Gasteiger charge is -2.20. The molecule has 0 heterocycles. The summed E-state index contributed by atoms with van der Waals surface area (Å²) >= 11 is 0. The molecule has 2 N–H and O–H groups in total. The number of amides is 2. The third-order valence-electron chi connectivity index (χ3n) is 3.82. The van der Waals surface area contributed by atoms with Crippen molar-refractivity contribution in [3.63, 3.8) is 0 Å². The number of para-hydroxylation sites is 1. The van der Waals surface area contributed by atoms with Crippen LogP contribution < -0.4 is 24.8 Å². The molecule has 0 bridgehead atoms. The topological polar surface area (TPSA) is 68.8 Å². The molecular weight excluding hydrogens is 332 g/mol. The average molecular weight is 358 g/mol. The number of methoxy groups -OCH3 is 2. The maximum Gasteiger partial charge on any atom is 0.322 e. The van der Waals surface area contributed by atoms with E-state index in [0.717, 1.165) is 11.3 Å². The SMILES string of the molecule is COc1ccc(NC(=O)NC(C)Oc2ccccc2C(C)C)cc1OC. The molecule has 2 aromatic carbocycles. The minimum absolute atomic E-state index is 0.332. The van der Waals surface area contributed by atoms with Crippen LogP contribution in [0.5, 0.6) is 17.2 Å². The van der Waals surface area contributed by atoms with Gasteiger partial charge in [0.05, 0.1) is 14.2 Å². The van der Waals surface area contributed by atoms with Crippen LogP contribution in [0.3, 0.4) is 0 Å². The Morgan fingerprint density at radius 3 is 2.27 bits per heavy atom. The van der Waals surface area contributed by atoms with Crippen LogP contribution in [0.1, 0.15) is 32.3 Å². The maximum absolute atomic E-state index is 12.2. The smallest absolute Gasteiger partial charge is 0.322 e. The van der Waals surface area contributed by atoms with E-state index in [9.17, 15) is 4.79 Å². The predicted molar refractivity (Wildman–Crippen MR) is 102 cm³/mol. The van der Waals surface area contributed by atoms with E-state index in [2.05, 4.69) is 24.5 Å². The van der Waals surface area contributed by atoms with E-state index in [1.165, 1.54) is 0 Å². The molecule has 0 aliphatic rings. The Bertz CT molecular complexity index is 746. The number of benzene rings is 2. The quantitative estimate of drug-likeness (QED) is 0.721. The Hall–Kier alpha value is -2.89. The molecule has 0 aromatic heterocycles. The zero-order valence-electron chi connectivity index (χ0n) is 15.8. The molecule has 2 amide bonds. The third kappa shape index (κ3) is 5.05. The number of urea groups is 1. The number of anilines is 1. The molecule has 0 fully saturated rings. The van der Waals surface area contributed by atoms with Crippen molar-refractivity contribution < 1.29 is 19.0 Å². The summed E-state index contributed by atoms with van der Waals surface area (Å²) in [6.45, 7) is 5.99. The fraction of sp³-hybridized carbons (Fsp3) is 0.350. The van der Waals surface area contributed by atoms with Gasteiger partial charge in [0.15, 0.2) is 17.7 Å². The highest BCUT2D eigenvalue weighted by molar-refractivity contribution is 5.89. The van der Waals surface area contributed by atoms with Gasteiger partial charge in [0.2, 0.25) is 0 Å². The Labute approximate surface area is 154 Å². The second-order valence-electron chi connectivity index (χ2n) is 6.12. The normalized spacial score (nSPS) is 11.6. The monoisotopic (exact) mass is 358 g/mol. The highest BCUT2D eigenvalue weighted by Crippen LogP contribution is 2.30. The molecule has 0 radical (unpaired) electrons. The van der Waals surface area contributed by atoms with E-state index in [-0.39, 0.29) is 6.03 Å². The van der Waals surface area contributed by atoms with Gasteiger partial charge in [-0.1, -0.05) is 32.0 Å². The van der Waals surface area contributed by atoms with Gasteiger partial charge in [-0.05, 0) is 36.6 Å². The summed E-state index contributed by atoms with van der Waals surface area (Å²) in [5.41, 5.74) is 1.69. The standard InChI is InChI=1S/C20H26N2O4/c1-13(2)16-8-6-7-9-17(16)26-14(3)21-20(23)22-15-10-11-18(24-4)19(12-15)25-5/h6-14H,1-5H3,(H2,21,22,23). The van der Waals surface area contributed by atoms with E-state index in [1.54, 1.807) is 39.3 Å². The summed E-state index contributed by atoms with van der Waals surface area (Å²) < 4.78 is 16.3. The number of carbonyl (C=O) groups excluding carboxylic acids is 1. The molecule has 0 aliphatic heterocycles. The van der Waals surface area contributed by atoms with Gasteiger partial charge in [-0.2, -0.15) is 0 Å². The van der Waals surface area contributed by atoms with Crippen molar-refractivity contribution in [1.29, 1.82) is 0 Å². The van der Waals surface area contributed by atoms with Gasteiger partial charge >= 0.3 is 6.03 Å². The average Bonchev–Trinajstić information content (AvgIpc) is 2.61. The van der Waals surface area contributed by atoms with Gasteiger partial charge in [-0.15, -0.1) is 0 Å². The lowest BCUT2D eigenvalue weighted by molar-refractivity contribution is 0.181. The van der Waals surface area contributed by atoms with Gasteiger partial charge in [-0.3, -0.25) is 0 Å². The largest absolute Gasteiger partial charge is 0.493 e. The molecule has 1 unspecified atom stereocenters. The molecule has 0 saturated heterocycles. The first-order valence-corrected chi connectivity index (χ1v) is 8.49. The first-order valence-electron chi connectivity index (χ1n) is 8.49. The van der Waals surface area contributed by atoms with E-state index in [1.807, 2.05) is 24.3 Å². The number of carbonyl (C=O) groups is 1. The van der Waals surface area contributed by atoms with Crippen molar-refractivity contribution in [3.8, 4) is 17.2 Å². The second-order valence-corrected chi connectivity index (χ2v) is 6.12. The van der Waals surface area contributed by atoms with Crippen LogP contribution >= 0.6 is 0 Å². The van der Waals surface area contributed by atoms with Crippen LogP contribution in [0.4, 0.5) is 10.5 Å².